The van der Waals surface area contributed by atoms with Crippen LogP contribution < -0.4 is 15.4 Å². The number of anilines is 3. The molecule has 10 heteroatoms. The van der Waals surface area contributed by atoms with Crippen molar-refractivity contribution in [2.45, 2.75) is 36.7 Å². The van der Waals surface area contributed by atoms with E-state index in [-0.39, 0.29) is 17.5 Å². The largest absolute Gasteiger partial charge is 0.377 e. The molecule has 0 amide bonds. The molecule has 30 heavy (non-hydrogen) atoms. The second-order valence-electron chi connectivity index (χ2n) is 7.53. The van der Waals surface area contributed by atoms with Crippen LogP contribution >= 0.6 is 0 Å². The molecule has 1 aliphatic heterocycles. The van der Waals surface area contributed by atoms with Crippen molar-refractivity contribution in [2.24, 2.45) is 5.92 Å². The van der Waals surface area contributed by atoms with Crippen molar-refractivity contribution in [2.75, 3.05) is 30.3 Å². The van der Waals surface area contributed by atoms with Gasteiger partial charge in [-0.25, -0.2) is 18.1 Å². The number of ether oxygens (including phenoxy) is 1. The third-order valence-electron chi connectivity index (χ3n) is 5.11. The predicted octanol–water partition coefficient (Wildman–Crippen LogP) is 2.37. The van der Waals surface area contributed by atoms with E-state index in [0.29, 0.717) is 35.5 Å². The molecule has 4 rings (SSSR count). The number of hydrogen-bond acceptors (Lipinski definition) is 8. The molecule has 0 spiro atoms. The summed E-state index contributed by atoms with van der Waals surface area (Å²) in [4.78, 5) is 8.73. The molecule has 2 aromatic rings. The van der Waals surface area contributed by atoms with Gasteiger partial charge in [-0.2, -0.15) is 10.2 Å². The summed E-state index contributed by atoms with van der Waals surface area (Å²) in [5.74, 6) is 1.48. The van der Waals surface area contributed by atoms with Crippen LogP contribution in [-0.2, 0) is 14.8 Å². The number of nitrogens with zero attached hydrogens (tertiary/aromatic N) is 3. The average molecular weight is 429 g/mol. The Bertz CT molecular complexity index is 1030. The number of sulfonamides is 1. The highest BCUT2D eigenvalue weighted by molar-refractivity contribution is 7.89. The van der Waals surface area contributed by atoms with Gasteiger partial charge in [-0.1, -0.05) is 0 Å². The van der Waals surface area contributed by atoms with Crippen LogP contribution in [0.4, 0.5) is 17.5 Å². The van der Waals surface area contributed by atoms with Crippen LogP contribution in [0.2, 0.25) is 0 Å². The molecule has 1 aromatic carbocycles. The van der Waals surface area contributed by atoms with Gasteiger partial charge in [-0.3, -0.25) is 0 Å². The van der Waals surface area contributed by atoms with Crippen LogP contribution in [0.15, 0.2) is 35.4 Å². The molecule has 9 nitrogen and oxygen atoms in total. The number of rotatable bonds is 9. The predicted molar refractivity (Wildman–Crippen MR) is 112 cm³/mol. The second kappa shape index (κ2) is 8.95. The molecule has 0 bridgehead atoms. The molecule has 1 unspecified atom stereocenters. The summed E-state index contributed by atoms with van der Waals surface area (Å²) in [6, 6.07) is 8.44. The lowest BCUT2D eigenvalue weighted by Gasteiger charge is -2.12. The van der Waals surface area contributed by atoms with Gasteiger partial charge >= 0.3 is 0 Å². The average Bonchev–Trinajstić information content (AvgIpc) is 3.43. The highest BCUT2D eigenvalue weighted by Gasteiger charge is 2.22. The molecule has 2 heterocycles. The Labute approximate surface area is 175 Å². The summed E-state index contributed by atoms with van der Waals surface area (Å²) in [7, 11) is -3.60. The molecule has 158 valence electrons. The zero-order valence-corrected chi connectivity index (χ0v) is 17.3. The molecule has 2 fully saturated rings. The van der Waals surface area contributed by atoms with Crippen molar-refractivity contribution in [3.63, 3.8) is 0 Å². The molecular weight excluding hydrogens is 404 g/mol. The van der Waals surface area contributed by atoms with E-state index in [1.165, 1.54) is 31.2 Å². The van der Waals surface area contributed by atoms with E-state index >= 15 is 0 Å². The monoisotopic (exact) mass is 428 g/mol. The SMILES string of the molecule is N#Cc1cnc(Nc2ccc(S(=O)(=O)NCC3CCCO3)cc2)nc1NCC1CC1. The van der Waals surface area contributed by atoms with Gasteiger partial charge in [0.05, 0.1) is 17.2 Å². The normalized spacial score (nSPS) is 18.7. The molecule has 1 saturated carbocycles. The van der Waals surface area contributed by atoms with Crippen LogP contribution in [-0.4, -0.2) is 44.2 Å². The first-order valence-electron chi connectivity index (χ1n) is 10.0. The number of benzene rings is 1. The molecule has 1 saturated heterocycles. The van der Waals surface area contributed by atoms with Crippen LogP contribution in [0.25, 0.3) is 0 Å². The Kier molecular flexibility index (Phi) is 6.13. The van der Waals surface area contributed by atoms with Crippen LogP contribution in [0.5, 0.6) is 0 Å². The summed E-state index contributed by atoms with van der Waals surface area (Å²) in [6.45, 7) is 1.75. The van der Waals surface area contributed by atoms with E-state index in [4.69, 9.17) is 4.74 Å². The van der Waals surface area contributed by atoms with E-state index in [2.05, 4.69) is 31.4 Å². The Morgan fingerprint density at radius 2 is 1.97 bits per heavy atom. The van der Waals surface area contributed by atoms with Gasteiger partial charge in [0.15, 0.2) is 0 Å². The van der Waals surface area contributed by atoms with E-state index in [0.717, 1.165) is 19.4 Å². The van der Waals surface area contributed by atoms with Crippen molar-refractivity contribution in [1.82, 2.24) is 14.7 Å². The minimum absolute atomic E-state index is 0.0584. The smallest absolute Gasteiger partial charge is 0.240 e. The molecule has 2 aliphatic rings. The van der Waals surface area contributed by atoms with E-state index < -0.39 is 10.0 Å². The van der Waals surface area contributed by atoms with Crippen LogP contribution in [0, 0.1) is 17.2 Å². The third-order valence-corrected chi connectivity index (χ3v) is 6.55. The Morgan fingerprint density at radius 3 is 2.63 bits per heavy atom. The van der Waals surface area contributed by atoms with Crippen LogP contribution in [0.1, 0.15) is 31.2 Å². The first-order chi connectivity index (χ1) is 14.5. The Balaban J connectivity index is 1.40. The van der Waals surface area contributed by atoms with E-state index in [1.54, 1.807) is 12.1 Å². The Hall–Kier alpha value is -2.74. The van der Waals surface area contributed by atoms with Gasteiger partial charge < -0.3 is 15.4 Å². The zero-order chi connectivity index (χ0) is 21.0. The molecule has 1 atom stereocenters. The van der Waals surface area contributed by atoms with Crippen molar-refractivity contribution < 1.29 is 13.2 Å². The quantitative estimate of drug-likeness (QED) is 0.555. The summed E-state index contributed by atoms with van der Waals surface area (Å²) in [5.41, 5.74) is 1.03. The van der Waals surface area contributed by atoms with Gasteiger partial charge in [-0.15, -0.1) is 0 Å². The van der Waals surface area contributed by atoms with Crippen molar-refractivity contribution in [3.05, 3.63) is 36.0 Å². The van der Waals surface area contributed by atoms with Gasteiger partial charge in [0.1, 0.15) is 17.5 Å². The van der Waals surface area contributed by atoms with E-state index in [1.807, 2.05) is 0 Å². The zero-order valence-electron chi connectivity index (χ0n) is 16.5. The third kappa shape index (κ3) is 5.24. The maximum atomic E-state index is 12.5. The van der Waals surface area contributed by atoms with Gasteiger partial charge in [-0.05, 0) is 55.9 Å². The number of nitriles is 1. The first kappa shape index (κ1) is 20.5. The van der Waals surface area contributed by atoms with Crippen LogP contribution in [0.3, 0.4) is 0 Å². The topological polar surface area (TPSA) is 129 Å². The fourth-order valence-electron chi connectivity index (χ4n) is 3.16. The summed E-state index contributed by atoms with van der Waals surface area (Å²) in [5, 5.41) is 15.5. The van der Waals surface area contributed by atoms with Crippen molar-refractivity contribution in [1.29, 1.82) is 5.26 Å². The fraction of sp³-hybridized carbons (Fsp3) is 0.450. The Morgan fingerprint density at radius 1 is 1.17 bits per heavy atom. The highest BCUT2D eigenvalue weighted by Crippen LogP contribution is 2.29. The minimum atomic E-state index is -3.60. The molecule has 1 aliphatic carbocycles. The maximum absolute atomic E-state index is 12.5. The lowest BCUT2D eigenvalue weighted by molar-refractivity contribution is 0.114. The number of aromatic nitrogens is 2. The number of nitrogens with one attached hydrogen (secondary N) is 3. The second-order valence-corrected chi connectivity index (χ2v) is 9.30. The number of hydrogen-bond donors (Lipinski definition) is 3. The van der Waals surface area contributed by atoms with Gasteiger partial charge in [0.2, 0.25) is 16.0 Å². The molecular formula is C20H24N6O3S. The summed E-state index contributed by atoms with van der Waals surface area (Å²) < 4.78 is 33.0. The minimum Gasteiger partial charge on any atom is -0.377 e. The summed E-state index contributed by atoms with van der Waals surface area (Å²) >= 11 is 0. The van der Waals surface area contributed by atoms with Gasteiger partial charge in [0.25, 0.3) is 0 Å². The fourth-order valence-corrected chi connectivity index (χ4v) is 4.23. The van der Waals surface area contributed by atoms with Crippen molar-refractivity contribution >= 4 is 27.5 Å². The van der Waals surface area contributed by atoms with Gasteiger partial charge in [0, 0.05) is 25.4 Å². The highest BCUT2D eigenvalue weighted by atomic mass is 32.2. The lowest BCUT2D eigenvalue weighted by atomic mass is 10.2. The molecule has 3 N–H and O–H groups in total. The van der Waals surface area contributed by atoms with Crippen molar-refractivity contribution in [3.8, 4) is 6.07 Å². The molecule has 0 radical (unpaired) electrons. The standard InChI is InChI=1S/C20H24N6O3S/c21-10-15-12-23-20(26-19(15)22-11-14-3-4-14)25-16-5-7-18(8-6-16)30(27,28)24-13-17-2-1-9-29-17/h5-8,12,14,17,24H,1-4,9,11,13H2,(H2,22,23,25,26). The maximum Gasteiger partial charge on any atom is 0.240 e. The first-order valence-corrected chi connectivity index (χ1v) is 11.5. The lowest BCUT2D eigenvalue weighted by Crippen LogP contribution is -2.31. The summed E-state index contributed by atoms with van der Waals surface area (Å²) in [6.07, 6.45) is 5.64. The van der Waals surface area contributed by atoms with E-state index in [9.17, 15) is 13.7 Å². The molecule has 1 aromatic heterocycles.